The Hall–Kier alpha value is -3.30. The standard InChI is InChI=1S/C24H28F3N5O2/c1-15-20(6-7-21(29-15)31-10-8-18(9-11-31)24(25,26)27)30-19-4-2-16(3-5-19)13-32-14-17(23(28)34)12-22(32)33/h2-7,17-18,30H,8-14H2,1H3,(H2,28,34). The van der Waals surface area contributed by atoms with Gasteiger partial charge in [-0.05, 0) is 49.6 Å². The number of nitrogens with zero attached hydrogens (tertiary/aromatic N) is 3. The zero-order valence-electron chi connectivity index (χ0n) is 18.9. The van der Waals surface area contributed by atoms with Gasteiger partial charge in [-0.15, -0.1) is 0 Å². The van der Waals surface area contributed by atoms with Gasteiger partial charge >= 0.3 is 6.18 Å². The van der Waals surface area contributed by atoms with Gasteiger partial charge in [0.25, 0.3) is 0 Å². The number of hydrogen-bond donors (Lipinski definition) is 2. The highest BCUT2D eigenvalue weighted by molar-refractivity contribution is 5.88. The monoisotopic (exact) mass is 475 g/mol. The first-order chi connectivity index (χ1) is 16.1. The van der Waals surface area contributed by atoms with E-state index in [-0.39, 0.29) is 25.2 Å². The molecule has 7 nitrogen and oxygen atoms in total. The molecule has 2 aromatic rings. The molecule has 2 amide bonds. The number of halogens is 3. The lowest BCUT2D eigenvalue weighted by Gasteiger charge is -2.33. The first kappa shape index (κ1) is 23.8. The molecule has 1 aromatic heterocycles. The Kier molecular flexibility index (Phi) is 6.67. The van der Waals surface area contributed by atoms with Crippen LogP contribution in [0.4, 0.5) is 30.4 Å². The minimum atomic E-state index is -4.13. The summed E-state index contributed by atoms with van der Waals surface area (Å²) in [7, 11) is 0. The number of rotatable bonds is 6. The number of primary amides is 1. The summed E-state index contributed by atoms with van der Waals surface area (Å²) in [4.78, 5) is 31.6. The van der Waals surface area contributed by atoms with Gasteiger partial charge in [-0.1, -0.05) is 12.1 Å². The summed E-state index contributed by atoms with van der Waals surface area (Å²) in [6.07, 6.45) is -3.79. The molecule has 1 unspecified atom stereocenters. The quantitative estimate of drug-likeness (QED) is 0.664. The third-order valence-electron chi connectivity index (χ3n) is 6.58. The van der Waals surface area contributed by atoms with Crippen LogP contribution in [0.5, 0.6) is 0 Å². The maximum absolute atomic E-state index is 12.9. The van der Waals surface area contributed by atoms with Crippen LogP contribution in [0.2, 0.25) is 0 Å². The molecular weight excluding hydrogens is 447 g/mol. The number of alkyl halides is 3. The van der Waals surface area contributed by atoms with Crippen LogP contribution >= 0.6 is 0 Å². The van der Waals surface area contributed by atoms with Crippen molar-refractivity contribution in [1.29, 1.82) is 0 Å². The van der Waals surface area contributed by atoms with Crippen LogP contribution in [0.1, 0.15) is 30.5 Å². The van der Waals surface area contributed by atoms with E-state index in [1.165, 1.54) is 0 Å². The van der Waals surface area contributed by atoms with E-state index < -0.39 is 23.9 Å². The second-order valence-corrected chi connectivity index (χ2v) is 9.00. The third-order valence-corrected chi connectivity index (χ3v) is 6.58. The summed E-state index contributed by atoms with van der Waals surface area (Å²) < 4.78 is 38.7. The van der Waals surface area contributed by atoms with Gasteiger partial charge in [0.15, 0.2) is 0 Å². The third kappa shape index (κ3) is 5.43. The van der Waals surface area contributed by atoms with E-state index in [4.69, 9.17) is 5.73 Å². The van der Waals surface area contributed by atoms with Crippen LogP contribution < -0.4 is 16.0 Å². The second-order valence-electron chi connectivity index (χ2n) is 9.00. The van der Waals surface area contributed by atoms with Gasteiger partial charge in [-0.25, -0.2) is 4.98 Å². The lowest BCUT2D eigenvalue weighted by Crippen LogP contribution is -2.39. The highest BCUT2D eigenvalue weighted by Gasteiger charge is 2.41. The molecule has 2 aliphatic heterocycles. The molecule has 0 radical (unpaired) electrons. The van der Waals surface area contributed by atoms with Crippen molar-refractivity contribution in [2.45, 2.75) is 38.9 Å². The average Bonchev–Trinajstić information content (AvgIpc) is 3.16. The Labute approximate surface area is 196 Å². The number of anilines is 3. The Morgan fingerprint density at radius 3 is 2.38 bits per heavy atom. The Bertz CT molecular complexity index is 1050. The van der Waals surface area contributed by atoms with Crippen LogP contribution in [0, 0.1) is 18.8 Å². The zero-order chi connectivity index (χ0) is 24.5. The fourth-order valence-electron chi connectivity index (χ4n) is 4.48. The number of hydrogen-bond acceptors (Lipinski definition) is 5. The minimum Gasteiger partial charge on any atom is -0.369 e. The van der Waals surface area contributed by atoms with Gasteiger partial charge in [0.2, 0.25) is 11.8 Å². The van der Waals surface area contributed by atoms with E-state index in [0.29, 0.717) is 32.0 Å². The molecule has 0 bridgehead atoms. The molecule has 2 saturated heterocycles. The maximum atomic E-state index is 12.9. The molecule has 2 aliphatic rings. The van der Waals surface area contributed by atoms with Crippen molar-refractivity contribution >= 4 is 29.0 Å². The predicted molar refractivity (Wildman–Crippen MR) is 122 cm³/mol. The number of aryl methyl sites for hydroxylation is 1. The summed E-state index contributed by atoms with van der Waals surface area (Å²) in [5, 5.41) is 3.31. The van der Waals surface area contributed by atoms with Crippen molar-refractivity contribution in [2.75, 3.05) is 29.9 Å². The SMILES string of the molecule is Cc1nc(N2CCC(C(F)(F)F)CC2)ccc1Nc1ccc(CN2CC(C(N)=O)CC2=O)cc1. The summed E-state index contributed by atoms with van der Waals surface area (Å²) in [5.41, 5.74) is 8.66. The van der Waals surface area contributed by atoms with Crippen molar-refractivity contribution in [3.63, 3.8) is 0 Å². The first-order valence-corrected chi connectivity index (χ1v) is 11.3. The van der Waals surface area contributed by atoms with Crippen LogP contribution in [0.3, 0.4) is 0 Å². The van der Waals surface area contributed by atoms with Crippen LogP contribution in [-0.4, -0.2) is 47.5 Å². The Morgan fingerprint density at radius 1 is 1.15 bits per heavy atom. The molecular formula is C24H28F3N5O2. The van der Waals surface area contributed by atoms with E-state index >= 15 is 0 Å². The van der Waals surface area contributed by atoms with Gasteiger partial charge in [-0.2, -0.15) is 13.2 Å². The van der Waals surface area contributed by atoms with Crippen molar-refractivity contribution < 1.29 is 22.8 Å². The topological polar surface area (TPSA) is 91.6 Å². The number of amides is 2. The number of benzene rings is 1. The second kappa shape index (κ2) is 9.52. The van der Waals surface area contributed by atoms with Crippen molar-refractivity contribution in [3.8, 4) is 0 Å². The summed E-state index contributed by atoms with van der Waals surface area (Å²) in [5.74, 6) is -1.50. The molecule has 3 heterocycles. The Morgan fingerprint density at radius 2 is 1.82 bits per heavy atom. The van der Waals surface area contributed by atoms with Gasteiger partial charge < -0.3 is 20.9 Å². The number of nitrogens with one attached hydrogen (secondary N) is 1. The number of pyridine rings is 1. The van der Waals surface area contributed by atoms with E-state index in [1.807, 2.05) is 48.2 Å². The smallest absolute Gasteiger partial charge is 0.369 e. The fourth-order valence-corrected chi connectivity index (χ4v) is 4.48. The molecule has 0 aliphatic carbocycles. The van der Waals surface area contributed by atoms with Crippen molar-refractivity contribution in [3.05, 3.63) is 47.7 Å². The lowest BCUT2D eigenvalue weighted by atomic mass is 9.96. The molecule has 10 heteroatoms. The molecule has 0 spiro atoms. The van der Waals surface area contributed by atoms with Gasteiger partial charge in [0, 0.05) is 38.3 Å². The number of nitrogens with two attached hydrogens (primary N) is 1. The van der Waals surface area contributed by atoms with Crippen LogP contribution in [0.25, 0.3) is 0 Å². The molecule has 1 atom stereocenters. The maximum Gasteiger partial charge on any atom is 0.391 e. The molecule has 1 aromatic carbocycles. The summed E-state index contributed by atoms with van der Waals surface area (Å²) in [6.45, 7) is 3.30. The molecule has 4 rings (SSSR count). The number of piperidine rings is 1. The van der Waals surface area contributed by atoms with Gasteiger partial charge in [0.1, 0.15) is 5.82 Å². The number of likely N-dealkylation sites (tertiary alicyclic amines) is 1. The number of carbonyl (C=O) groups excluding carboxylic acids is 2. The van der Waals surface area contributed by atoms with Crippen molar-refractivity contribution in [2.24, 2.45) is 17.6 Å². The van der Waals surface area contributed by atoms with Crippen LogP contribution in [-0.2, 0) is 16.1 Å². The molecule has 2 fully saturated rings. The van der Waals surface area contributed by atoms with E-state index in [9.17, 15) is 22.8 Å². The molecule has 182 valence electrons. The van der Waals surface area contributed by atoms with Crippen molar-refractivity contribution in [1.82, 2.24) is 9.88 Å². The molecule has 34 heavy (non-hydrogen) atoms. The molecule has 0 saturated carbocycles. The van der Waals surface area contributed by atoms with E-state index in [2.05, 4.69) is 10.3 Å². The van der Waals surface area contributed by atoms with E-state index in [0.717, 1.165) is 22.6 Å². The highest BCUT2D eigenvalue weighted by atomic mass is 19.4. The largest absolute Gasteiger partial charge is 0.391 e. The predicted octanol–water partition coefficient (Wildman–Crippen LogP) is 3.75. The normalized spacial score (nSPS) is 19.5. The number of carbonyl (C=O) groups is 2. The number of aromatic nitrogens is 1. The summed E-state index contributed by atoms with van der Waals surface area (Å²) >= 11 is 0. The van der Waals surface area contributed by atoms with E-state index in [1.54, 1.807) is 4.90 Å². The Balaban J connectivity index is 1.34. The first-order valence-electron chi connectivity index (χ1n) is 11.3. The lowest BCUT2D eigenvalue weighted by molar-refractivity contribution is -0.179. The minimum absolute atomic E-state index is 0.0737. The molecule has 3 N–H and O–H groups in total. The van der Waals surface area contributed by atoms with Gasteiger partial charge in [-0.3, -0.25) is 9.59 Å². The fraction of sp³-hybridized carbons (Fsp3) is 0.458. The zero-order valence-corrected chi connectivity index (χ0v) is 18.9. The highest BCUT2D eigenvalue weighted by Crippen LogP contribution is 2.35. The van der Waals surface area contributed by atoms with Gasteiger partial charge in [0.05, 0.1) is 23.2 Å². The van der Waals surface area contributed by atoms with Crippen LogP contribution in [0.15, 0.2) is 36.4 Å². The average molecular weight is 476 g/mol. The summed E-state index contributed by atoms with van der Waals surface area (Å²) in [6, 6.07) is 11.3.